The highest BCUT2D eigenvalue weighted by atomic mass is 16.5. The Hall–Kier alpha value is -9.80. The predicted octanol–water partition coefficient (Wildman–Crippen LogP) is 20.9. The minimum atomic E-state index is -0.362. The second-order valence-electron chi connectivity index (χ2n) is 28.8. The van der Waals surface area contributed by atoms with E-state index in [1.54, 1.807) is 0 Å². The van der Waals surface area contributed by atoms with Gasteiger partial charge in [0.05, 0.1) is 36.0 Å². The van der Waals surface area contributed by atoms with Crippen molar-refractivity contribution in [3.05, 3.63) is 247 Å². The molecule has 0 fully saturated rings. The van der Waals surface area contributed by atoms with Crippen LogP contribution in [0, 0.1) is 41.5 Å². The summed E-state index contributed by atoms with van der Waals surface area (Å²) in [5, 5.41) is 0. The first-order chi connectivity index (χ1) is 45.2. The summed E-state index contributed by atoms with van der Waals surface area (Å²) in [5.74, 6) is 1.62. The van der Waals surface area contributed by atoms with Gasteiger partial charge in [-0.15, -0.1) is 0 Å². The lowest BCUT2D eigenvalue weighted by atomic mass is 9.78. The molecule has 94 heavy (non-hydrogen) atoms. The molecule has 6 N–H and O–H groups in total. The van der Waals surface area contributed by atoms with Gasteiger partial charge in [0, 0.05) is 112 Å². The van der Waals surface area contributed by atoms with Crippen LogP contribution >= 0.6 is 0 Å². The molecule has 0 saturated carbocycles. The fraction of sp³-hybridized carbons (Fsp3) is 0.286. The molecule has 24 bridgehead atoms. The molecule has 7 aliphatic rings. The Morgan fingerprint density at radius 3 is 0.968 bits per heavy atom. The summed E-state index contributed by atoms with van der Waals surface area (Å²) in [7, 11) is 0. The third-order valence-electron chi connectivity index (χ3n) is 21.3. The van der Waals surface area contributed by atoms with Crippen molar-refractivity contribution in [2.24, 2.45) is 0 Å². The first-order valence-electron chi connectivity index (χ1n) is 33.8. The van der Waals surface area contributed by atoms with Crippen LogP contribution in [0.15, 0.2) is 146 Å². The molecule has 10 heteroatoms. The summed E-state index contributed by atoms with van der Waals surface area (Å²) in [6, 6.07) is 53.8. The molecule has 11 aromatic rings. The van der Waals surface area contributed by atoms with Gasteiger partial charge in [-0.2, -0.15) is 0 Å². The van der Waals surface area contributed by atoms with E-state index in [9.17, 15) is 0 Å². The van der Waals surface area contributed by atoms with Crippen molar-refractivity contribution < 1.29 is 9.47 Å². The Labute approximate surface area is 552 Å². The molecule has 0 atom stereocenters. The number of ether oxygens (including phenoxy) is 2. The molecule has 474 valence electrons. The van der Waals surface area contributed by atoms with Gasteiger partial charge in [0.2, 0.25) is 0 Å². The maximum Gasteiger partial charge on any atom is 0.119 e. The molecule has 18 rings (SSSR count). The maximum atomic E-state index is 6.87. The predicted molar refractivity (Wildman–Crippen MR) is 388 cm³/mol. The fourth-order valence-corrected chi connectivity index (χ4v) is 16.0. The van der Waals surface area contributed by atoms with E-state index in [1.165, 1.54) is 78.9 Å². The van der Waals surface area contributed by atoms with Crippen molar-refractivity contribution in [3.8, 4) is 56.0 Å². The summed E-state index contributed by atoms with van der Waals surface area (Å²) in [6.45, 7) is 28.5. The minimum Gasteiger partial charge on any atom is -0.494 e. The Kier molecular flexibility index (Phi) is 14.8. The van der Waals surface area contributed by atoms with Gasteiger partial charge in [0.1, 0.15) is 11.5 Å². The van der Waals surface area contributed by atoms with Crippen LogP contribution in [-0.4, -0.2) is 53.1 Å². The van der Waals surface area contributed by atoms with Gasteiger partial charge in [-0.1, -0.05) is 59.7 Å². The number of nitrogens with zero attached hydrogens (tertiary/aromatic N) is 2. The molecular formula is C84H86N8O2. The average Bonchev–Trinajstić information content (AvgIpc) is 1.59. The van der Waals surface area contributed by atoms with E-state index in [2.05, 4.69) is 283 Å². The van der Waals surface area contributed by atoms with Gasteiger partial charge in [-0.3, -0.25) is 0 Å². The number of aromatic amines is 6. The molecule has 7 aliphatic heterocycles. The van der Waals surface area contributed by atoms with Crippen molar-refractivity contribution >= 4 is 46.4 Å². The summed E-state index contributed by atoms with van der Waals surface area (Å²) in [6.07, 6.45) is 14.2. The summed E-state index contributed by atoms with van der Waals surface area (Å²) < 4.78 is 13.7. The lowest BCUT2D eigenvalue weighted by Gasteiger charge is -2.31. The summed E-state index contributed by atoms with van der Waals surface area (Å²) >= 11 is 0. The van der Waals surface area contributed by atoms with Crippen LogP contribution in [0.3, 0.4) is 0 Å². The van der Waals surface area contributed by atoms with E-state index >= 15 is 0 Å². The van der Waals surface area contributed by atoms with E-state index in [-0.39, 0.29) is 21.7 Å². The van der Waals surface area contributed by atoms with Gasteiger partial charge >= 0.3 is 0 Å². The highest BCUT2D eigenvalue weighted by Gasteiger charge is 2.39. The second kappa shape index (κ2) is 23.0. The number of hydrogen-bond acceptors (Lipinski definition) is 4. The first kappa shape index (κ1) is 60.4. The third-order valence-corrected chi connectivity index (χ3v) is 21.3. The number of nitrogens with one attached hydrogen (secondary N) is 6. The molecule has 0 aliphatic carbocycles. The van der Waals surface area contributed by atoms with Crippen LogP contribution in [0.4, 0.5) is 0 Å². The molecule has 4 aromatic carbocycles. The van der Waals surface area contributed by atoms with E-state index in [4.69, 9.17) is 19.4 Å². The van der Waals surface area contributed by atoms with Crippen molar-refractivity contribution in [2.75, 3.05) is 13.2 Å². The third kappa shape index (κ3) is 10.4. The van der Waals surface area contributed by atoms with Gasteiger partial charge in [-0.25, -0.2) is 9.97 Å². The van der Waals surface area contributed by atoms with Gasteiger partial charge < -0.3 is 39.4 Å². The Balaban J connectivity index is 0.939. The molecule has 0 spiro atoms. The average molecular weight is 1240 g/mol. The zero-order valence-corrected chi connectivity index (χ0v) is 56.5. The van der Waals surface area contributed by atoms with Crippen LogP contribution < -0.4 is 9.47 Å². The molecule has 0 amide bonds. The van der Waals surface area contributed by atoms with Crippen LogP contribution in [-0.2, 0) is 21.7 Å². The summed E-state index contributed by atoms with van der Waals surface area (Å²) in [4.78, 5) is 35.7. The fourth-order valence-electron chi connectivity index (χ4n) is 16.0. The Morgan fingerprint density at radius 2 is 0.628 bits per heavy atom. The van der Waals surface area contributed by atoms with Crippen LogP contribution in [0.2, 0.25) is 0 Å². The molecule has 0 radical (unpaired) electrons. The largest absolute Gasteiger partial charge is 0.494 e. The highest BCUT2D eigenvalue weighted by Crippen LogP contribution is 2.47. The maximum absolute atomic E-state index is 6.87. The van der Waals surface area contributed by atoms with Crippen LogP contribution in [0.25, 0.3) is 90.9 Å². The number of H-pyrrole nitrogens is 6. The SMILES string of the molecule is Cc1cc(C)c(-c2c3nc(c4c5ccc([nH]5)c(-c5c(C)cc(C)cc5C)c5nc(c(c6ccc2[nH]6)-c2cccc(c2)OCCCCC2(C)c6ccc([nH]6)C(C)(C)c6ccc([nH]6)C(C)(CCCCOc6cccc-4c6)c4ccc([nH]4)C(C)(C)c4ccc2[nH]4)C=C5)C=C3)c(C)c1. The number of aromatic nitrogens is 8. The first-order valence-corrected chi connectivity index (χ1v) is 33.8. The molecule has 14 heterocycles. The molecule has 10 nitrogen and oxygen atoms in total. The van der Waals surface area contributed by atoms with Crippen LogP contribution in [0.5, 0.6) is 11.5 Å². The number of aryl methyl sites for hydroxylation is 6. The van der Waals surface area contributed by atoms with Crippen molar-refractivity contribution in [3.63, 3.8) is 0 Å². The Morgan fingerprint density at radius 1 is 0.319 bits per heavy atom. The summed E-state index contributed by atoms with van der Waals surface area (Å²) in [5.41, 5.74) is 30.8. The van der Waals surface area contributed by atoms with E-state index < -0.39 is 0 Å². The topological polar surface area (TPSA) is 139 Å². The van der Waals surface area contributed by atoms with E-state index in [0.717, 1.165) is 139 Å². The standard InChI is InChI=1S/C84H86N8O2/c1-49-43-51(3)75(52(4)44-49)79-63-27-23-59(85-63)77-55-19-17-21-57(47-55)93-41-15-13-39-83(11)71-35-31-67(89-71)81(7,8)68-32-36-72(90-68)84(12,74-38-34-70(92-74)82(9,10)69-33-37-73(83)91-69)40-14-16-42-94-58-22-18-20-56(48-58)78(60-24-28-64(79)86-60)62-26-30-66(88-62)80(65-29-25-61(77)87-65)76-53(5)45-50(2)46-54(76)6/h17-38,43-48,85,88-92H,13-16,39-42H2,1-12H3. The van der Waals surface area contributed by atoms with Gasteiger partial charge in [0.15, 0.2) is 0 Å². The molecule has 7 aromatic heterocycles. The van der Waals surface area contributed by atoms with Crippen molar-refractivity contribution in [1.82, 2.24) is 39.9 Å². The lowest BCUT2D eigenvalue weighted by Crippen LogP contribution is -2.29. The quantitative estimate of drug-likeness (QED) is 0.103. The van der Waals surface area contributed by atoms with Gasteiger partial charge in [-0.05, 0) is 287 Å². The smallest absolute Gasteiger partial charge is 0.119 e. The Bertz CT molecular complexity index is 4600. The number of rotatable bonds is 2. The molecule has 0 unspecified atom stereocenters. The molecular weight excluding hydrogens is 1150 g/mol. The normalized spacial score (nSPS) is 18.4. The minimum absolute atomic E-state index is 0.344. The van der Waals surface area contributed by atoms with E-state index in [1.807, 2.05) is 0 Å². The number of benzene rings is 4. The lowest BCUT2D eigenvalue weighted by molar-refractivity contribution is 0.298. The van der Waals surface area contributed by atoms with Crippen molar-refractivity contribution in [2.45, 2.75) is 143 Å². The molecule has 0 saturated heterocycles. The highest BCUT2D eigenvalue weighted by molar-refractivity contribution is 6.01. The zero-order valence-electron chi connectivity index (χ0n) is 56.5. The van der Waals surface area contributed by atoms with Crippen molar-refractivity contribution in [1.29, 1.82) is 0 Å². The monoisotopic (exact) mass is 1240 g/mol. The van der Waals surface area contributed by atoms with E-state index in [0.29, 0.717) is 13.2 Å². The second-order valence-corrected chi connectivity index (χ2v) is 28.8. The van der Waals surface area contributed by atoms with Crippen LogP contribution in [0.1, 0.15) is 182 Å². The zero-order chi connectivity index (χ0) is 65.0. The van der Waals surface area contributed by atoms with Gasteiger partial charge in [0.25, 0.3) is 0 Å². The number of hydrogen-bond donors (Lipinski definition) is 6.